The Morgan fingerprint density at radius 3 is 1.71 bits per heavy atom. The Bertz CT molecular complexity index is 866. The number of halogens is 2. The zero-order valence-corrected chi connectivity index (χ0v) is 14.3. The van der Waals surface area contributed by atoms with Crippen LogP contribution in [0.2, 0.25) is 10.0 Å². The maximum atomic E-state index is 13.4. The van der Waals surface area contributed by atoms with Crippen molar-refractivity contribution < 1.29 is 4.79 Å². The Morgan fingerprint density at radius 1 is 0.708 bits per heavy atom. The third-order valence-corrected chi connectivity index (χ3v) is 5.28. The molecule has 0 saturated carbocycles. The van der Waals surface area contributed by atoms with Gasteiger partial charge < -0.3 is 0 Å². The Morgan fingerprint density at radius 2 is 1.21 bits per heavy atom. The van der Waals surface area contributed by atoms with E-state index in [1.165, 1.54) is 0 Å². The van der Waals surface area contributed by atoms with Crippen molar-refractivity contribution in [1.29, 1.82) is 0 Å². The SMILES string of the molecule is O=C1c2ccccc2CC1(c1ccc(Cl)cc1)c1ccc(Cl)cc1. The topological polar surface area (TPSA) is 17.1 Å². The minimum atomic E-state index is -0.723. The smallest absolute Gasteiger partial charge is 0.178 e. The first-order valence-corrected chi connectivity index (χ1v) is 8.52. The molecule has 118 valence electrons. The van der Waals surface area contributed by atoms with Crippen molar-refractivity contribution in [2.24, 2.45) is 0 Å². The molecule has 0 atom stereocenters. The third-order valence-electron chi connectivity index (χ3n) is 4.78. The van der Waals surface area contributed by atoms with Gasteiger partial charge in [0.15, 0.2) is 5.78 Å². The molecule has 1 aliphatic carbocycles. The molecule has 0 amide bonds. The number of hydrogen-bond acceptors (Lipinski definition) is 1. The zero-order valence-electron chi connectivity index (χ0n) is 12.8. The van der Waals surface area contributed by atoms with Crippen molar-refractivity contribution in [2.75, 3.05) is 0 Å². The van der Waals surface area contributed by atoms with E-state index in [-0.39, 0.29) is 5.78 Å². The van der Waals surface area contributed by atoms with Gasteiger partial charge in [-0.1, -0.05) is 71.7 Å². The Hall–Kier alpha value is -2.09. The summed E-state index contributed by atoms with van der Waals surface area (Å²) in [6, 6.07) is 23.0. The normalized spacial score (nSPS) is 15.3. The second-order valence-electron chi connectivity index (χ2n) is 6.08. The van der Waals surface area contributed by atoms with Gasteiger partial charge in [0.25, 0.3) is 0 Å². The van der Waals surface area contributed by atoms with Gasteiger partial charge in [-0.25, -0.2) is 0 Å². The fraction of sp³-hybridized carbons (Fsp3) is 0.0952. The molecule has 0 aliphatic heterocycles. The van der Waals surface area contributed by atoms with Crippen molar-refractivity contribution in [2.45, 2.75) is 11.8 Å². The van der Waals surface area contributed by atoms with Gasteiger partial charge in [0.05, 0.1) is 5.41 Å². The van der Waals surface area contributed by atoms with Gasteiger partial charge in [0, 0.05) is 15.6 Å². The minimum Gasteiger partial charge on any atom is -0.293 e. The van der Waals surface area contributed by atoms with E-state index >= 15 is 0 Å². The Balaban J connectivity index is 1.96. The third kappa shape index (κ3) is 2.28. The van der Waals surface area contributed by atoms with Crippen LogP contribution in [0, 0.1) is 0 Å². The van der Waals surface area contributed by atoms with Crippen LogP contribution in [0.3, 0.4) is 0 Å². The van der Waals surface area contributed by atoms with Crippen LogP contribution in [0.4, 0.5) is 0 Å². The molecular formula is C21H14Cl2O. The molecule has 0 bridgehead atoms. The molecule has 0 heterocycles. The molecule has 4 rings (SSSR count). The first-order chi connectivity index (χ1) is 11.6. The second kappa shape index (κ2) is 5.77. The van der Waals surface area contributed by atoms with Gasteiger partial charge in [-0.2, -0.15) is 0 Å². The highest BCUT2D eigenvalue weighted by Gasteiger charge is 2.47. The molecule has 0 N–H and O–H groups in total. The van der Waals surface area contributed by atoms with Gasteiger partial charge in [-0.15, -0.1) is 0 Å². The monoisotopic (exact) mass is 352 g/mol. The number of rotatable bonds is 2. The largest absolute Gasteiger partial charge is 0.293 e. The summed E-state index contributed by atoms with van der Waals surface area (Å²) in [5.41, 5.74) is 3.06. The fourth-order valence-corrected chi connectivity index (χ4v) is 3.85. The van der Waals surface area contributed by atoms with E-state index in [9.17, 15) is 4.79 Å². The molecule has 0 spiro atoms. The van der Waals surface area contributed by atoms with Crippen molar-refractivity contribution in [3.8, 4) is 0 Å². The summed E-state index contributed by atoms with van der Waals surface area (Å²) in [5, 5.41) is 1.32. The average Bonchev–Trinajstić information content (AvgIpc) is 2.90. The number of hydrogen-bond donors (Lipinski definition) is 0. The molecule has 0 unspecified atom stereocenters. The molecule has 3 aromatic rings. The molecule has 0 radical (unpaired) electrons. The van der Waals surface area contributed by atoms with E-state index in [1.807, 2.05) is 72.8 Å². The van der Waals surface area contributed by atoms with E-state index in [0.717, 1.165) is 22.3 Å². The lowest BCUT2D eigenvalue weighted by Gasteiger charge is -2.29. The summed E-state index contributed by atoms with van der Waals surface area (Å²) < 4.78 is 0. The first-order valence-electron chi connectivity index (χ1n) is 7.76. The van der Waals surface area contributed by atoms with E-state index < -0.39 is 5.41 Å². The van der Waals surface area contributed by atoms with Crippen LogP contribution in [0.5, 0.6) is 0 Å². The summed E-state index contributed by atoms with van der Waals surface area (Å²) in [5.74, 6) is 0.128. The van der Waals surface area contributed by atoms with E-state index in [1.54, 1.807) is 0 Å². The molecule has 24 heavy (non-hydrogen) atoms. The molecule has 1 nitrogen and oxygen atoms in total. The average molecular weight is 353 g/mol. The lowest BCUT2D eigenvalue weighted by Crippen LogP contribution is -2.34. The highest BCUT2D eigenvalue weighted by Crippen LogP contribution is 2.45. The van der Waals surface area contributed by atoms with Gasteiger partial charge in [-0.05, 0) is 47.4 Å². The van der Waals surface area contributed by atoms with Crippen LogP contribution in [-0.2, 0) is 11.8 Å². The summed E-state index contributed by atoms with van der Waals surface area (Å²) in [4.78, 5) is 13.4. The summed E-state index contributed by atoms with van der Waals surface area (Å²) in [7, 11) is 0. The number of ketones is 1. The maximum Gasteiger partial charge on any atom is 0.178 e. The Kier molecular flexibility index (Phi) is 3.71. The van der Waals surface area contributed by atoms with Crippen LogP contribution in [0.25, 0.3) is 0 Å². The number of fused-ring (bicyclic) bond motifs is 1. The van der Waals surface area contributed by atoms with Crippen LogP contribution in [-0.4, -0.2) is 5.78 Å². The summed E-state index contributed by atoms with van der Waals surface area (Å²) in [6.07, 6.45) is 0.644. The summed E-state index contributed by atoms with van der Waals surface area (Å²) >= 11 is 12.1. The summed E-state index contributed by atoms with van der Waals surface area (Å²) in [6.45, 7) is 0. The quantitative estimate of drug-likeness (QED) is 0.576. The van der Waals surface area contributed by atoms with Crippen molar-refractivity contribution >= 4 is 29.0 Å². The van der Waals surface area contributed by atoms with Crippen molar-refractivity contribution in [3.63, 3.8) is 0 Å². The first kappa shape index (κ1) is 15.4. The van der Waals surface area contributed by atoms with Crippen LogP contribution >= 0.6 is 23.2 Å². The Labute approximate surface area is 150 Å². The lowest BCUT2D eigenvalue weighted by atomic mass is 9.71. The fourth-order valence-electron chi connectivity index (χ4n) is 3.59. The molecule has 1 aliphatic rings. The van der Waals surface area contributed by atoms with Crippen molar-refractivity contribution in [3.05, 3.63) is 105 Å². The molecule has 0 fully saturated rings. The van der Waals surface area contributed by atoms with E-state index in [4.69, 9.17) is 23.2 Å². The highest BCUT2D eigenvalue weighted by atomic mass is 35.5. The standard InChI is InChI=1S/C21H14Cl2O/c22-17-9-5-15(6-10-17)21(16-7-11-18(23)12-8-16)13-14-3-1-2-4-19(14)20(21)24/h1-12H,13H2. The minimum absolute atomic E-state index is 0.128. The van der Waals surface area contributed by atoms with Gasteiger partial charge in [0.2, 0.25) is 0 Å². The zero-order chi connectivity index (χ0) is 16.7. The maximum absolute atomic E-state index is 13.4. The number of carbonyl (C=O) groups excluding carboxylic acids is 1. The second-order valence-corrected chi connectivity index (χ2v) is 6.96. The molecule has 3 aromatic carbocycles. The van der Waals surface area contributed by atoms with Gasteiger partial charge in [-0.3, -0.25) is 4.79 Å². The highest BCUT2D eigenvalue weighted by molar-refractivity contribution is 6.31. The predicted molar refractivity (Wildman–Crippen MR) is 98.2 cm³/mol. The molecule has 3 heteroatoms. The number of carbonyl (C=O) groups is 1. The molecular weight excluding hydrogens is 339 g/mol. The van der Waals surface area contributed by atoms with Crippen LogP contribution in [0.1, 0.15) is 27.0 Å². The number of benzene rings is 3. The van der Waals surface area contributed by atoms with Crippen molar-refractivity contribution in [1.82, 2.24) is 0 Å². The van der Waals surface area contributed by atoms with E-state index in [2.05, 4.69) is 0 Å². The predicted octanol–water partition coefficient (Wildman–Crippen LogP) is 5.72. The lowest BCUT2D eigenvalue weighted by molar-refractivity contribution is 0.0929. The number of Topliss-reactive ketones (excluding diaryl/α,β-unsaturated/α-hetero) is 1. The van der Waals surface area contributed by atoms with Gasteiger partial charge >= 0.3 is 0 Å². The van der Waals surface area contributed by atoms with Crippen LogP contribution < -0.4 is 0 Å². The molecule has 0 aromatic heterocycles. The van der Waals surface area contributed by atoms with Crippen LogP contribution in [0.15, 0.2) is 72.8 Å². The molecule has 0 saturated heterocycles. The van der Waals surface area contributed by atoms with Gasteiger partial charge in [0.1, 0.15) is 0 Å². The van der Waals surface area contributed by atoms with E-state index in [0.29, 0.717) is 16.5 Å².